The van der Waals surface area contributed by atoms with Crippen molar-refractivity contribution in [2.75, 3.05) is 0 Å². The van der Waals surface area contributed by atoms with E-state index in [1.807, 2.05) is 42.5 Å². The first-order chi connectivity index (χ1) is 13.6. The zero-order valence-corrected chi connectivity index (χ0v) is 15.7. The van der Waals surface area contributed by atoms with Crippen LogP contribution in [0.1, 0.15) is 22.8 Å². The Kier molecular flexibility index (Phi) is 6.78. The Morgan fingerprint density at radius 1 is 1.04 bits per heavy atom. The number of rotatable bonds is 7. The van der Waals surface area contributed by atoms with E-state index in [2.05, 4.69) is 10.5 Å². The maximum absolute atomic E-state index is 12.0. The molecule has 1 amide bonds. The molecule has 0 aliphatic heterocycles. The number of nitrogens with zero attached hydrogens (tertiary/aromatic N) is 1. The second kappa shape index (κ2) is 9.69. The van der Waals surface area contributed by atoms with Crippen LogP contribution >= 0.6 is 11.6 Å². The molecule has 0 aliphatic carbocycles. The predicted molar refractivity (Wildman–Crippen MR) is 109 cm³/mol. The van der Waals surface area contributed by atoms with Crippen molar-refractivity contribution in [3.63, 3.8) is 0 Å². The van der Waals surface area contributed by atoms with Gasteiger partial charge in [-0.3, -0.25) is 4.79 Å². The summed E-state index contributed by atoms with van der Waals surface area (Å²) in [5.74, 6) is -0.0130. The topological polar surface area (TPSA) is 70.9 Å². The Labute approximate surface area is 168 Å². The highest BCUT2D eigenvalue weighted by Crippen LogP contribution is 2.21. The average Bonchev–Trinajstić information content (AvgIpc) is 2.74. The standard InChI is InChI=1S/C22H19ClN2O3/c23-19-12-6-4-11-18(19)15-28-20-13-7-5-10-17(20)14-24-25-22(27)21(26)16-8-2-1-3-9-16/h1-14,21,26H,15H2,(H,25,27)/b24-14-/t21-/m1/s1. The van der Waals surface area contributed by atoms with Crippen LogP contribution in [0.25, 0.3) is 0 Å². The first-order valence-electron chi connectivity index (χ1n) is 8.66. The molecule has 142 valence electrons. The summed E-state index contributed by atoms with van der Waals surface area (Å²) in [6, 6.07) is 23.4. The third-order valence-electron chi connectivity index (χ3n) is 4.00. The average molecular weight is 395 g/mol. The second-order valence-electron chi connectivity index (χ2n) is 5.97. The lowest BCUT2D eigenvalue weighted by Crippen LogP contribution is -2.25. The third kappa shape index (κ3) is 5.19. The van der Waals surface area contributed by atoms with Crippen molar-refractivity contribution in [1.82, 2.24) is 5.43 Å². The van der Waals surface area contributed by atoms with Gasteiger partial charge in [0, 0.05) is 16.1 Å². The molecule has 0 radical (unpaired) electrons. The van der Waals surface area contributed by atoms with Crippen molar-refractivity contribution >= 4 is 23.7 Å². The van der Waals surface area contributed by atoms with Crippen molar-refractivity contribution in [1.29, 1.82) is 0 Å². The molecule has 6 heteroatoms. The van der Waals surface area contributed by atoms with Crippen LogP contribution in [0.2, 0.25) is 5.02 Å². The maximum Gasteiger partial charge on any atom is 0.273 e. The molecular formula is C22H19ClN2O3. The lowest BCUT2D eigenvalue weighted by molar-refractivity contribution is -0.129. The van der Waals surface area contributed by atoms with Gasteiger partial charge < -0.3 is 9.84 Å². The monoisotopic (exact) mass is 394 g/mol. The number of aliphatic hydroxyl groups excluding tert-OH is 1. The van der Waals surface area contributed by atoms with E-state index in [4.69, 9.17) is 16.3 Å². The number of carbonyl (C=O) groups is 1. The van der Waals surface area contributed by atoms with Crippen LogP contribution in [0, 0.1) is 0 Å². The molecule has 0 heterocycles. The summed E-state index contributed by atoms with van der Waals surface area (Å²) in [5.41, 5.74) is 4.40. The number of nitrogens with one attached hydrogen (secondary N) is 1. The summed E-state index contributed by atoms with van der Waals surface area (Å²) < 4.78 is 5.84. The lowest BCUT2D eigenvalue weighted by atomic mass is 10.1. The van der Waals surface area contributed by atoms with Gasteiger partial charge in [-0.1, -0.05) is 72.3 Å². The fourth-order valence-corrected chi connectivity index (χ4v) is 2.69. The smallest absolute Gasteiger partial charge is 0.273 e. The van der Waals surface area contributed by atoms with Crippen molar-refractivity contribution in [2.45, 2.75) is 12.7 Å². The molecule has 0 saturated carbocycles. The molecule has 0 fully saturated rings. The van der Waals surface area contributed by atoms with E-state index in [0.29, 0.717) is 28.5 Å². The fraction of sp³-hybridized carbons (Fsp3) is 0.0909. The van der Waals surface area contributed by atoms with Gasteiger partial charge in [-0.15, -0.1) is 0 Å². The van der Waals surface area contributed by atoms with Crippen LogP contribution in [0.4, 0.5) is 0 Å². The molecule has 1 atom stereocenters. The van der Waals surface area contributed by atoms with E-state index < -0.39 is 12.0 Å². The maximum atomic E-state index is 12.0. The van der Waals surface area contributed by atoms with Gasteiger partial charge in [0.1, 0.15) is 12.4 Å². The van der Waals surface area contributed by atoms with E-state index in [-0.39, 0.29) is 0 Å². The van der Waals surface area contributed by atoms with Gasteiger partial charge in [0.2, 0.25) is 0 Å². The van der Waals surface area contributed by atoms with Crippen LogP contribution < -0.4 is 10.2 Å². The molecule has 0 saturated heterocycles. The summed E-state index contributed by atoms with van der Waals surface area (Å²) >= 11 is 6.15. The molecule has 0 aromatic heterocycles. The number of amides is 1. The minimum Gasteiger partial charge on any atom is -0.488 e. The number of hydrogen-bond acceptors (Lipinski definition) is 4. The quantitative estimate of drug-likeness (QED) is 0.468. The van der Waals surface area contributed by atoms with Crippen molar-refractivity contribution in [3.8, 4) is 5.75 Å². The largest absolute Gasteiger partial charge is 0.488 e. The number of aliphatic hydroxyl groups is 1. The molecule has 0 unspecified atom stereocenters. The zero-order valence-electron chi connectivity index (χ0n) is 15.0. The van der Waals surface area contributed by atoms with Gasteiger partial charge in [0.05, 0.1) is 6.21 Å². The molecule has 0 bridgehead atoms. The Balaban J connectivity index is 1.63. The van der Waals surface area contributed by atoms with Crippen molar-refractivity contribution in [3.05, 3.63) is 101 Å². The highest BCUT2D eigenvalue weighted by Gasteiger charge is 2.16. The summed E-state index contributed by atoms with van der Waals surface area (Å²) in [5, 5.41) is 14.6. The van der Waals surface area contributed by atoms with Gasteiger partial charge in [0.25, 0.3) is 5.91 Å². The minimum atomic E-state index is -1.29. The van der Waals surface area contributed by atoms with Crippen LogP contribution in [0.15, 0.2) is 84.0 Å². The van der Waals surface area contributed by atoms with Gasteiger partial charge >= 0.3 is 0 Å². The zero-order chi connectivity index (χ0) is 19.8. The molecule has 5 nitrogen and oxygen atoms in total. The van der Waals surface area contributed by atoms with Crippen molar-refractivity contribution < 1.29 is 14.6 Å². The van der Waals surface area contributed by atoms with E-state index >= 15 is 0 Å². The van der Waals surface area contributed by atoms with E-state index in [9.17, 15) is 9.90 Å². The summed E-state index contributed by atoms with van der Waals surface area (Å²) in [7, 11) is 0. The van der Waals surface area contributed by atoms with Gasteiger partial charge in [-0.05, 0) is 23.8 Å². The fourth-order valence-electron chi connectivity index (χ4n) is 2.50. The second-order valence-corrected chi connectivity index (χ2v) is 6.37. The van der Waals surface area contributed by atoms with Crippen LogP contribution in [0.3, 0.4) is 0 Å². The Bertz CT molecular complexity index is 961. The normalized spacial score (nSPS) is 11.9. The Morgan fingerprint density at radius 3 is 2.50 bits per heavy atom. The minimum absolute atomic E-state index is 0.309. The highest BCUT2D eigenvalue weighted by atomic mass is 35.5. The number of carbonyl (C=O) groups excluding carboxylic acids is 1. The van der Waals surface area contributed by atoms with Gasteiger partial charge in [-0.2, -0.15) is 5.10 Å². The molecule has 0 spiro atoms. The molecule has 3 aromatic rings. The highest BCUT2D eigenvalue weighted by molar-refractivity contribution is 6.31. The number of para-hydroxylation sites is 1. The first kappa shape index (κ1) is 19.6. The number of hydrogen-bond donors (Lipinski definition) is 2. The number of halogens is 1. The number of benzene rings is 3. The lowest BCUT2D eigenvalue weighted by Gasteiger charge is -2.10. The molecular weight excluding hydrogens is 376 g/mol. The molecule has 3 aromatic carbocycles. The van der Waals surface area contributed by atoms with Gasteiger partial charge in [0.15, 0.2) is 6.10 Å². The van der Waals surface area contributed by atoms with Crippen LogP contribution in [0.5, 0.6) is 5.75 Å². The number of ether oxygens (including phenoxy) is 1. The van der Waals surface area contributed by atoms with E-state index in [1.54, 1.807) is 36.4 Å². The summed E-state index contributed by atoms with van der Waals surface area (Å²) in [6.07, 6.45) is 0.183. The molecule has 3 rings (SSSR count). The Morgan fingerprint density at radius 2 is 1.71 bits per heavy atom. The Hall–Kier alpha value is -3.15. The molecule has 28 heavy (non-hydrogen) atoms. The van der Waals surface area contributed by atoms with Gasteiger partial charge in [-0.25, -0.2) is 5.43 Å². The van der Waals surface area contributed by atoms with Crippen LogP contribution in [-0.2, 0) is 11.4 Å². The predicted octanol–water partition coefficient (Wildman–Crippen LogP) is 4.10. The van der Waals surface area contributed by atoms with Crippen molar-refractivity contribution in [2.24, 2.45) is 5.10 Å². The number of hydrazone groups is 1. The third-order valence-corrected chi connectivity index (χ3v) is 4.37. The summed E-state index contributed by atoms with van der Waals surface area (Å²) in [4.78, 5) is 12.0. The van der Waals surface area contributed by atoms with E-state index in [0.717, 1.165) is 5.56 Å². The summed E-state index contributed by atoms with van der Waals surface area (Å²) in [6.45, 7) is 0.309. The SMILES string of the molecule is O=C(N/N=C\c1ccccc1OCc1ccccc1Cl)[C@H](O)c1ccccc1. The first-order valence-corrected chi connectivity index (χ1v) is 9.04. The molecule has 0 aliphatic rings. The van der Waals surface area contributed by atoms with Crippen LogP contribution in [-0.4, -0.2) is 17.2 Å². The van der Waals surface area contributed by atoms with E-state index in [1.165, 1.54) is 6.21 Å². The molecule has 2 N–H and O–H groups in total.